The van der Waals surface area contributed by atoms with Gasteiger partial charge >= 0.3 is 5.63 Å². The zero-order chi connectivity index (χ0) is 16.9. The van der Waals surface area contributed by atoms with Crippen molar-refractivity contribution in [2.75, 3.05) is 0 Å². The molecule has 0 fully saturated rings. The zero-order valence-corrected chi connectivity index (χ0v) is 18.4. The van der Waals surface area contributed by atoms with Crippen molar-refractivity contribution in [2.45, 2.75) is 13.8 Å². The Labute approximate surface area is 166 Å². The van der Waals surface area contributed by atoms with Crippen molar-refractivity contribution in [1.29, 1.82) is 0 Å². The molecule has 0 atom stereocenters. The first-order valence-electron chi connectivity index (χ1n) is 6.56. The Balaban J connectivity index is 2.50. The number of benzene rings is 2. The number of nitrogens with zero attached hydrogens (tertiary/aromatic N) is 1. The normalized spacial score (nSPS) is 11.2. The van der Waals surface area contributed by atoms with Gasteiger partial charge in [-0.3, -0.25) is 0 Å². The second-order valence-electron chi connectivity index (χ2n) is 5.12. The number of hydrogen-bond acceptors (Lipinski definition) is 3. The van der Waals surface area contributed by atoms with Gasteiger partial charge in [0.2, 0.25) is 0 Å². The largest absolute Gasteiger partial charge is 0.367 e. The highest BCUT2D eigenvalue weighted by atomic mass is 79.9. The summed E-state index contributed by atoms with van der Waals surface area (Å²) in [7, 11) is 0. The van der Waals surface area contributed by atoms with Crippen LogP contribution in [-0.4, -0.2) is 5.16 Å². The first-order valence-corrected chi connectivity index (χ1v) is 9.73. The SMILES string of the molecule is Cc1ccc(-c2noc(=O)c3c(Br)c(Br)c(Br)c(Br)c23)cc1C. The van der Waals surface area contributed by atoms with Crippen LogP contribution in [0.2, 0.25) is 0 Å². The predicted molar refractivity (Wildman–Crippen MR) is 106 cm³/mol. The molecular weight excluding hydrogens is 558 g/mol. The summed E-state index contributed by atoms with van der Waals surface area (Å²) in [5.41, 5.74) is 3.36. The molecule has 0 aliphatic rings. The fraction of sp³-hybridized carbons (Fsp3) is 0.125. The van der Waals surface area contributed by atoms with Gasteiger partial charge in [0.15, 0.2) is 0 Å². The summed E-state index contributed by atoms with van der Waals surface area (Å²) in [5, 5.41) is 5.19. The van der Waals surface area contributed by atoms with E-state index >= 15 is 0 Å². The topological polar surface area (TPSA) is 43.1 Å². The van der Waals surface area contributed by atoms with Crippen molar-refractivity contribution in [1.82, 2.24) is 5.16 Å². The molecule has 3 rings (SSSR count). The number of aryl methyl sites for hydroxylation is 2. The summed E-state index contributed by atoms with van der Waals surface area (Å²) in [6.45, 7) is 4.09. The molecule has 0 saturated heterocycles. The maximum absolute atomic E-state index is 12.2. The summed E-state index contributed by atoms with van der Waals surface area (Å²) in [5.74, 6) is 0. The van der Waals surface area contributed by atoms with Crippen LogP contribution in [0.1, 0.15) is 11.1 Å². The Kier molecular flexibility index (Phi) is 4.84. The van der Waals surface area contributed by atoms with Crippen LogP contribution in [0, 0.1) is 13.8 Å². The summed E-state index contributed by atoms with van der Waals surface area (Å²) in [6, 6.07) is 6.04. The van der Waals surface area contributed by atoms with E-state index in [2.05, 4.69) is 75.8 Å². The monoisotopic (exact) mass is 563 g/mol. The zero-order valence-electron chi connectivity index (χ0n) is 12.0. The molecule has 1 heterocycles. The second-order valence-corrected chi connectivity index (χ2v) is 8.30. The van der Waals surface area contributed by atoms with Gasteiger partial charge in [0, 0.05) is 28.8 Å². The number of fused-ring (bicyclic) bond motifs is 1. The Morgan fingerprint density at radius 3 is 2.09 bits per heavy atom. The van der Waals surface area contributed by atoms with Crippen LogP contribution < -0.4 is 5.63 Å². The standard InChI is InChI=1S/C16H9Br4NO2/c1-6-3-4-8(5-7(6)2)15-9-10(16(22)23-21-15)12(18)14(20)13(19)11(9)17/h3-5H,1-2H3. The lowest BCUT2D eigenvalue weighted by Crippen LogP contribution is -2.05. The molecule has 3 nitrogen and oxygen atoms in total. The van der Waals surface area contributed by atoms with Crippen molar-refractivity contribution in [3.05, 3.63) is 57.6 Å². The Morgan fingerprint density at radius 1 is 0.870 bits per heavy atom. The van der Waals surface area contributed by atoms with Gasteiger partial charge in [0.05, 0.1) is 5.39 Å². The molecule has 3 aromatic rings. The molecule has 0 amide bonds. The minimum Gasteiger partial charge on any atom is -0.312 e. The average molecular weight is 567 g/mol. The number of rotatable bonds is 1. The predicted octanol–water partition coefficient (Wildman–Crippen LogP) is 6.52. The maximum atomic E-state index is 12.2. The molecule has 0 radical (unpaired) electrons. The molecule has 0 aliphatic carbocycles. The van der Waals surface area contributed by atoms with E-state index in [1.54, 1.807) is 0 Å². The highest BCUT2D eigenvalue weighted by Crippen LogP contribution is 2.44. The van der Waals surface area contributed by atoms with Crippen LogP contribution in [0.25, 0.3) is 22.0 Å². The van der Waals surface area contributed by atoms with Crippen LogP contribution in [0.3, 0.4) is 0 Å². The number of halogens is 4. The Hall–Kier alpha value is -0.500. The third-order valence-electron chi connectivity index (χ3n) is 3.71. The quantitative estimate of drug-likeness (QED) is 0.249. The van der Waals surface area contributed by atoms with Crippen LogP contribution in [0.5, 0.6) is 0 Å². The average Bonchev–Trinajstić information content (AvgIpc) is 2.53. The van der Waals surface area contributed by atoms with Crippen molar-refractivity contribution in [2.24, 2.45) is 0 Å². The molecule has 0 aliphatic heterocycles. The van der Waals surface area contributed by atoms with Crippen LogP contribution in [0.4, 0.5) is 0 Å². The van der Waals surface area contributed by atoms with Gasteiger partial charge in [-0.25, -0.2) is 4.79 Å². The summed E-state index contributed by atoms with van der Waals surface area (Å²) < 4.78 is 7.95. The molecule has 118 valence electrons. The van der Waals surface area contributed by atoms with E-state index in [-0.39, 0.29) is 0 Å². The minimum atomic E-state index is -0.492. The molecule has 0 saturated carbocycles. The fourth-order valence-corrected chi connectivity index (χ4v) is 4.78. The van der Waals surface area contributed by atoms with Gasteiger partial charge in [0.1, 0.15) is 5.69 Å². The Morgan fingerprint density at radius 2 is 1.48 bits per heavy atom. The fourth-order valence-electron chi connectivity index (χ4n) is 2.31. The lowest BCUT2D eigenvalue weighted by atomic mass is 10.0. The molecule has 1 aromatic heterocycles. The van der Waals surface area contributed by atoms with Gasteiger partial charge < -0.3 is 4.52 Å². The van der Waals surface area contributed by atoms with Crippen molar-refractivity contribution in [3.8, 4) is 11.3 Å². The van der Waals surface area contributed by atoms with Crippen LogP contribution in [-0.2, 0) is 0 Å². The van der Waals surface area contributed by atoms with E-state index in [4.69, 9.17) is 4.52 Å². The van der Waals surface area contributed by atoms with Crippen molar-refractivity contribution >= 4 is 74.5 Å². The first-order chi connectivity index (χ1) is 10.8. The second kappa shape index (κ2) is 6.43. The third-order valence-corrected chi connectivity index (χ3v) is 8.48. The van der Waals surface area contributed by atoms with E-state index in [1.807, 2.05) is 25.1 Å². The third kappa shape index (κ3) is 2.86. The highest BCUT2D eigenvalue weighted by Gasteiger charge is 2.21. The molecular formula is C16H9Br4NO2. The molecule has 0 spiro atoms. The van der Waals surface area contributed by atoms with Gasteiger partial charge in [-0.05, 0) is 94.8 Å². The number of aromatic nitrogens is 1. The summed E-state index contributed by atoms with van der Waals surface area (Å²) >= 11 is 14.0. The first kappa shape index (κ1) is 17.3. The van der Waals surface area contributed by atoms with E-state index in [0.717, 1.165) is 24.5 Å². The molecule has 2 aromatic carbocycles. The summed E-state index contributed by atoms with van der Waals surface area (Å²) in [6.07, 6.45) is 0. The summed E-state index contributed by atoms with van der Waals surface area (Å²) in [4.78, 5) is 12.2. The smallest absolute Gasteiger partial charge is 0.312 e. The van der Waals surface area contributed by atoms with Gasteiger partial charge in [-0.1, -0.05) is 17.3 Å². The van der Waals surface area contributed by atoms with Crippen LogP contribution >= 0.6 is 63.7 Å². The van der Waals surface area contributed by atoms with E-state index in [0.29, 0.717) is 20.9 Å². The lowest BCUT2D eigenvalue weighted by Gasteiger charge is -2.12. The van der Waals surface area contributed by atoms with Crippen molar-refractivity contribution in [3.63, 3.8) is 0 Å². The van der Waals surface area contributed by atoms with Gasteiger partial charge in [0.25, 0.3) is 0 Å². The molecule has 0 unspecified atom stereocenters. The highest BCUT2D eigenvalue weighted by molar-refractivity contribution is 9.15. The van der Waals surface area contributed by atoms with E-state index < -0.39 is 5.63 Å². The Bertz CT molecular complexity index is 1010. The van der Waals surface area contributed by atoms with Crippen molar-refractivity contribution < 1.29 is 4.52 Å². The van der Waals surface area contributed by atoms with Gasteiger partial charge in [-0.15, -0.1) is 0 Å². The van der Waals surface area contributed by atoms with E-state index in [9.17, 15) is 4.79 Å². The number of hydrogen-bond donors (Lipinski definition) is 0. The van der Waals surface area contributed by atoms with Crippen LogP contribution in [0.15, 0.2) is 45.4 Å². The molecule has 7 heteroatoms. The maximum Gasteiger partial charge on any atom is 0.367 e. The minimum absolute atomic E-state index is 0.440. The molecule has 0 N–H and O–H groups in total. The molecule has 0 bridgehead atoms. The van der Waals surface area contributed by atoms with E-state index in [1.165, 1.54) is 5.56 Å². The van der Waals surface area contributed by atoms with Gasteiger partial charge in [-0.2, -0.15) is 0 Å². The molecule has 23 heavy (non-hydrogen) atoms. The lowest BCUT2D eigenvalue weighted by molar-refractivity contribution is 0.380.